The summed E-state index contributed by atoms with van der Waals surface area (Å²) in [6, 6.07) is 6.11. The molecule has 0 aliphatic carbocycles. The number of rotatable bonds is 5. The fourth-order valence-electron chi connectivity index (χ4n) is 2.05. The maximum Gasteiger partial charge on any atom is 0.209 e. The lowest BCUT2D eigenvalue weighted by molar-refractivity contribution is 0.265. The van der Waals surface area contributed by atoms with Crippen molar-refractivity contribution in [3.8, 4) is 5.75 Å². The standard InChI is InChI=1S/C15H25NO3S/c1-11-6-7-13(15(3,4)5)14(8-11)19-9-12(2)10-20(16,17)18/h6-8,12H,9-10H2,1-5H3,(H2,16,17,18). The number of aryl methyl sites for hydroxylation is 1. The molecule has 0 heterocycles. The van der Waals surface area contributed by atoms with Crippen LogP contribution in [0.4, 0.5) is 0 Å². The minimum atomic E-state index is -3.45. The lowest BCUT2D eigenvalue weighted by atomic mass is 9.86. The summed E-state index contributed by atoms with van der Waals surface area (Å²) in [4.78, 5) is 0. The van der Waals surface area contributed by atoms with Crippen LogP contribution in [0.2, 0.25) is 0 Å². The van der Waals surface area contributed by atoms with Crippen LogP contribution in [0.15, 0.2) is 18.2 Å². The van der Waals surface area contributed by atoms with E-state index in [2.05, 4.69) is 32.9 Å². The number of hydrogen-bond donors (Lipinski definition) is 1. The SMILES string of the molecule is Cc1ccc(C(C)(C)C)c(OCC(C)CS(N)(=O)=O)c1. The Morgan fingerprint density at radius 2 is 1.90 bits per heavy atom. The zero-order valence-corrected chi connectivity index (χ0v) is 13.8. The third kappa shape index (κ3) is 5.51. The van der Waals surface area contributed by atoms with Crippen molar-refractivity contribution < 1.29 is 13.2 Å². The molecule has 0 fully saturated rings. The molecule has 0 aliphatic rings. The van der Waals surface area contributed by atoms with Crippen LogP contribution in [-0.2, 0) is 15.4 Å². The van der Waals surface area contributed by atoms with Crippen LogP contribution in [-0.4, -0.2) is 20.8 Å². The lowest BCUT2D eigenvalue weighted by Gasteiger charge is -2.24. The summed E-state index contributed by atoms with van der Waals surface area (Å²) in [5, 5.41) is 5.05. The third-order valence-corrected chi connectivity index (χ3v) is 4.02. The molecule has 1 unspecified atom stereocenters. The van der Waals surface area contributed by atoms with Gasteiger partial charge in [-0.3, -0.25) is 0 Å². The second-order valence-electron chi connectivity index (χ2n) is 6.50. The van der Waals surface area contributed by atoms with E-state index in [4.69, 9.17) is 9.88 Å². The summed E-state index contributed by atoms with van der Waals surface area (Å²) in [5.41, 5.74) is 2.21. The predicted octanol–water partition coefficient (Wildman–Crippen LogP) is 2.60. The van der Waals surface area contributed by atoms with Gasteiger partial charge in [0.1, 0.15) is 5.75 Å². The van der Waals surface area contributed by atoms with Crippen LogP contribution in [0.25, 0.3) is 0 Å². The Morgan fingerprint density at radius 1 is 1.30 bits per heavy atom. The van der Waals surface area contributed by atoms with Crippen LogP contribution >= 0.6 is 0 Å². The van der Waals surface area contributed by atoms with E-state index < -0.39 is 10.0 Å². The minimum Gasteiger partial charge on any atom is -0.493 e. The number of benzene rings is 1. The highest BCUT2D eigenvalue weighted by molar-refractivity contribution is 7.89. The first-order valence-electron chi connectivity index (χ1n) is 6.73. The Labute approximate surface area is 122 Å². The molecule has 1 rings (SSSR count). The lowest BCUT2D eigenvalue weighted by Crippen LogP contribution is -2.25. The van der Waals surface area contributed by atoms with Crippen molar-refractivity contribution in [3.05, 3.63) is 29.3 Å². The quantitative estimate of drug-likeness (QED) is 0.908. The zero-order chi connectivity index (χ0) is 15.6. The minimum absolute atomic E-state index is 0.0216. The first kappa shape index (κ1) is 17.0. The first-order valence-corrected chi connectivity index (χ1v) is 8.45. The van der Waals surface area contributed by atoms with Crippen molar-refractivity contribution in [1.82, 2.24) is 0 Å². The maximum atomic E-state index is 11.1. The van der Waals surface area contributed by atoms with Gasteiger partial charge in [-0.25, -0.2) is 13.6 Å². The van der Waals surface area contributed by atoms with Crippen LogP contribution in [0.5, 0.6) is 5.75 Å². The topological polar surface area (TPSA) is 69.4 Å². The normalized spacial score (nSPS) is 14.1. The summed E-state index contributed by atoms with van der Waals surface area (Å²) >= 11 is 0. The van der Waals surface area contributed by atoms with Crippen molar-refractivity contribution in [2.75, 3.05) is 12.4 Å². The fraction of sp³-hybridized carbons (Fsp3) is 0.600. The monoisotopic (exact) mass is 299 g/mol. The molecule has 0 saturated heterocycles. The highest BCUT2D eigenvalue weighted by Crippen LogP contribution is 2.32. The van der Waals surface area contributed by atoms with Gasteiger partial charge in [-0.15, -0.1) is 0 Å². The van der Waals surface area contributed by atoms with Crippen LogP contribution in [0.1, 0.15) is 38.8 Å². The molecule has 0 amide bonds. The van der Waals surface area contributed by atoms with Crippen molar-refractivity contribution in [1.29, 1.82) is 0 Å². The third-order valence-electron chi connectivity index (χ3n) is 2.99. The molecule has 114 valence electrons. The summed E-state index contributed by atoms with van der Waals surface area (Å²) in [6.07, 6.45) is 0. The zero-order valence-electron chi connectivity index (χ0n) is 12.9. The van der Waals surface area contributed by atoms with Crippen LogP contribution in [0, 0.1) is 12.8 Å². The van der Waals surface area contributed by atoms with E-state index in [1.165, 1.54) is 0 Å². The van der Waals surface area contributed by atoms with Crippen molar-refractivity contribution >= 4 is 10.0 Å². The van der Waals surface area contributed by atoms with E-state index >= 15 is 0 Å². The summed E-state index contributed by atoms with van der Waals surface area (Å²) < 4.78 is 27.9. The van der Waals surface area contributed by atoms with E-state index in [0.717, 1.165) is 16.9 Å². The van der Waals surface area contributed by atoms with E-state index in [9.17, 15) is 8.42 Å². The van der Waals surface area contributed by atoms with E-state index in [0.29, 0.717) is 6.61 Å². The van der Waals surface area contributed by atoms with Gasteiger partial charge >= 0.3 is 0 Å². The molecule has 1 aromatic rings. The Kier molecular flexibility index (Phi) is 5.21. The second kappa shape index (κ2) is 6.14. The van der Waals surface area contributed by atoms with Gasteiger partial charge in [0, 0.05) is 5.92 Å². The van der Waals surface area contributed by atoms with Crippen molar-refractivity contribution in [2.24, 2.45) is 11.1 Å². The van der Waals surface area contributed by atoms with Gasteiger partial charge in [0.15, 0.2) is 0 Å². The van der Waals surface area contributed by atoms with Crippen LogP contribution in [0.3, 0.4) is 0 Å². The summed E-state index contributed by atoms with van der Waals surface area (Å²) in [5.74, 6) is 0.612. The Morgan fingerprint density at radius 3 is 2.40 bits per heavy atom. The number of hydrogen-bond acceptors (Lipinski definition) is 3. The molecular formula is C15H25NO3S. The number of sulfonamides is 1. The molecule has 1 aromatic carbocycles. The molecule has 2 N–H and O–H groups in total. The summed E-state index contributed by atoms with van der Waals surface area (Å²) in [6.45, 7) is 10.5. The Bertz CT molecular complexity index is 559. The van der Waals surface area contributed by atoms with Gasteiger partial charge in [0.25, 0.3) is 0 Å². The van der Waals surface area contributed by atoms with Crippen molar-refractivity contribution in [3.63, 3.8) is 0 Å². The van der Waals surface area contributed by atoms with Gasteiger partial charge in [0.05, 0.1) is 12.4 Å². The molecule has 4 nitrogen and oxygen atoms in total. The molecule has 0 bridgehead atoms. The Hall–Kier alpha value is -1.07. The molecule has 0 aromatic heterocycles. The molecular weight excluding hydrogens is 274 g/mol. The highest BCUT2D eigenvalue weighted by Gasteiger charge is 2.20. The van der Waals surface area contributed by atoms with E-state index in [1.54, 1.807) is 0 Å². The predicted molar refractivity (Wildman–Crippen MR) is 82.5 cm³/mol. The van der Waals surface area contributed by atoms with E-state index in [-0.39, 0.29) is 17.1 Å². The second-order valence-corrected chi connectivity index (χ2v) is 8.15. The van der Waals surface area contributed by atoms with Gasteiger partial charge in [-0.1, -0.05) is 39.8 Å². The number of nitrogens with two attached hydrogens (primary N) is 1. The first-order chi connectivity index (χ1) is 8.99. The van der Waals surface area contributed by atoms with Gasteiger partial charge < -0.3 is 4.74 Å². The molecule has 0 aliphatic heterocycles. The van der Waals surface area contributed by atoms with Crippen molar-refractivity contribution in [2.45, 2.75) is 40.0 Å². The molecule has 0 radical (unpaired) electrons. The summed E-state index contributed by atoms with van der Waals surface area (Å²) in [7, 11) is -3.45. The molecule has 0 saturated carbocycles. The highest BCUT2D eigenvalue weighted by atomic mass is 32.2. The smallest absolute Gasteiger partial charge is 0.209 e. The fourth-order valence-corrected chi connectivity index (χ4v) is 2.93. The van der Waals surface area contributed by atoms with Crippen LogP contribution < -0.4 is 9.88 Å². The largest absolute Gasteiger partial charge is 0.493 e. The van der Waals surface area contributed by atoms with Gasteiger partial charge in [0.2, 0.25) is 10.0 Å². The number of primary sulfonamides is 1. The van der Waals surface area contributed by atoms with Gasteiger partial charge in [-0.2, -0.15) is 0 Å². The average molecular weight is 299 g/mol. The Balaban J connectivity index is 2.84. The maximum absolute atomic E-state index is 11.1. The molecule has 20 heavy (non-hydrogen) atoms. The average Bonchev–Trinajstić information content (AvgIpc) is 2.22. The molecule has 1 atom stereocenters. The molecule has 5 heteroatoms. The number of ether oxygens (including phenoxy) is 1. The molecule has 0 spiro atoms. The van der Waals surface area contributed by atoms with E-state index in [1.807, 2.05) is 19.9 Å². The van der Waals surface area contributed by atoms with Gasteiger partial charge in [-0.05, 0) is 29.5 Å².